The molecule has 6 nitrogen and oxygen atoms in total. The Balaban J connectivity index is 1.87. The first-order chi connectivity index (χ1) is 10.7. The Labute approximate surface area is 140 Å². The van der Waals surface area contributed by atoms with Gasteiger partial charge in [0.1, 0.15) is 12.1 Å². The number of halogens is 2. The molecule has 3 aromatic rings. The van der Waals surface area contributed by atoms with Gasteiger partial charge in [0, 0.05) is 29.2 Å². The highest BCUT2D eigenvalue weighted by molar-refractivity contribution is 9.10. The zero-order valence-electron chi connectivity index (χ0n) is 11.8. The highest BCUT2D eigenvalue weighted by Crippen LogP contribution is 2.22. The van der Waals surface area contributed by atoms with Crippen molar-refractivity contribution in [1.29, 1.82) is 0 Å². The van der Waals surface area contributed by atoms with Crippen LogP contribution in [0.5, 0.6) is 0 Å². The molecule has 2 heterocycles. The molecule has 0 atom stereocenters. The quantitative estimate of drug-likeness (QED) is 0.733. The number of benzene rings is 1. The predicted octanol–water partition coefficient (Wildman–Crippen LogP) is 3.30. The summed E-state index contributed by atoms with van der Waals surface area (Å²) >= 11 is 9.63. The van der Waals surface area contributed by atoms with Gasteiger partial charge in [0.15, 0.2) is 0 Å². The molecule has 0 aliphatic rings. The zero-order chi connectivity index (χ0) is 15.5. The zero-order valence-corrected chi connectivity index (χ0v) is 14.1. The van der Waals surface area contributed by atoms with E-state index in [-0.39, 0.29) is 0 Å². The number of anilines is 1. The van der Waals surface area contributed by atoms with Crippen molar-refractivity contribution in [3.63, 3.8) is 0 Å². The van der Waals surface area contributed by atoms with Crippen LogP contribution in [-0.2, 0) is 17.9 Å². The first kappa shape index (κ1) is 15.2. The fourth-order valence-electron chi connectivity index (χ4n) is 2.06. The second-order valence-electron chi connectivity index (χ2n) is 4.63. The third-order valence-corrected chi connectivity index (χ3v) is 3.92. The van der Waals surface area contributed by atoms with E-state index in [1.165, 1.54) is 6.33 Å². The van der Waals surface area contributed by atoms with E-state index in [2.05, 4.69) is 36.3 Å². The van der Waals surface area contributed by atoms with E-state index >= 15 is 0 Å². The van der Waals surface area contributed by atoms with Crippen molar-refractivity contribution < 1.29 is 4.74 Å². The molecule has 0 amide bonds. The van der Waals surface area contributed by atoms with Crippen molar-refractivity contribution in [3.05, 3.63) is 51.3 Å². The number of hydrogen-bond donors (Lipinski definition) is 1. The summed E-state index contributed by atoms with van der Waals surface area (Å²) < 4.78 is 7.72. The number of nitrogens with zero attached hydrogens (tertiary/aromatic N) is 4. The monoisotopic (exact) mass is 381 g/mol. The van der Waals surface area contributed by atoms with Crippen LogP contribution in [0.25, 0.3) is 5.78 Å². The van der Waals surface area contributed by atoms with Crippen molar-refractivity contribution in [2.75, 3.05) is 12.4 Å². The van der Waals surface area contributed by atoms with Gasteiger partial charge in [-0.05, 0) is 17.7 Å². The van der Waals surface area contributed by atoms with Gasteiger partial charge >= 0.3 is 0 Å². The average Bonchev–Trinajstić information content (AvgIpc) is 2.95. The minimum Gasteiger partial charge on any atom is -0.378 e. The van der Waals surface area contributed by atoms with E-state index in [9.17, 15) is 0 Å². The Hall–Kier alpha value is -1.70. The molecule has 0 saturated heterocycles. The molecule has 114 valence electrons. The van der Waals surface area contributed by atoms with Crippen LogP contribution in [-0.4, -0.2) is 26.7 Å². The summed E-state index contributed by atoms with van der Waals surface area (Å²) in [5.74, 6) is 1.31. The minimum absolute atomic E-state index is 0.414. The van der Waals surface area contributed by atoms with Crippen molar-refractivity contribution in [2.45, 2.75) is 13.2 Å². The predicted molar refractivity (Wildman–Crippen MR) is 88.0 cm³/mol. The van der Waals surface area contributed by atoms with Gasteiger partial charge < -0.3 is 10.1 Å². The topological polar surface area (TPSA) is 64.3 Å². The largest absolute Gasteiger partial charge is 0.378 e. The SMILES string of the molecule is COCc1cc(NCc2ccc(Br)cc2Cl)n2ncnc2n1. The van der Waals surface area contributed by atoms with Gasteiger partial charge in [-0.3, -0.25) is 0 Å². The highest BCUT2D eigenvalue weighted by Gasteiger charge is 2.08. The molecule has 0 aliphatic carbocycles. The smallest absolute Gasteiger partial charge is 0.254 e. The molecule has 0 aliphatic heterocycles. The molecule has 0 unspecified atom stereocenters. The Morgan fingerprint density at radius 1 is 1.36 bits per heavy atom. The standard InChI is InChI=1S/C14H13BrClN5O/c1-22-7-11-5-13(21-14(20-11)18-8-19-21)17-6-9-2-3-10(15)4-12(9)16/h2-5,8,17H,6-7H2,1H3. The van der Waals surface area contributed by atoms with Crippen molar-refractivity contribution >= 4 is 39.1 Å². The van der Waals surface area contributed by atoms with Gasteiger partial charge in [-0.1, -0.05) is 33.6 Å². The lowest BCUT2D eigenvalue weighted by Crippen LogP contribution is -2.08. The summed E-state index contributed by atoms with van der Waals surface area (Å²) in [5, 5.41) is 8.18. The molecule has 0 radical (unpaired) electrons. The number of aromatic nitrogens is 4. The van der Waals surface area contributed by atoms with Crippen LogP contribution in [0.3, 0.4) is 0 Å². The molecule has 0 bridgehead atoms. The fraction of sp³-hybridized carbons (Fsp3) is 0.214. The first-order valence-electron chi connectivity index (χ1n) is 6.54. The summed E-state index contributed by atoms with van der Waals surface area (Å²) in [5.41, 5.74) is 1.77. The van der Waals surface area contributed by atoms with E-state index in [1.54, 1.807) is 11.6 Å². The van der Waals surface area contributed by atoms with Gasteiger partial charge in [0.25, 0.3) is 5.78 Å². The maximum Gasteiger partial charge on any atom is 0.254 e. The van der Waals surface area contributed by atoms with E-state index in [4.69, 9.17) is 16.3 Å². The summed E-state index contributed by atoms with van der Waals surface area (Å²) in [6.45, 7) is 0.981. The van der Waals surface area contributed by atoms with Crippen LogP contribution in [0.1, 0.15) is 11.3 Å². The van der Waals surface area contributed by atoms with E-state index in [0.717, 1.165) is 21.5 Å². The third kappa shape index (κ3) is 3.21. The van der Waals surface area contributed by atoms with Gasteiger partial charge in [-0.25, -0.2) is 4.98 Å². The molecule has 22 heavy (non-hydrogen) atoms. The Morgan fingerprint density at radius 2 is 2.23 bits per heavy atom. The maximum absolute atomic E-state index is 6.24. The summed E-state index contributed by atoms with van der Waals surface area (Å²) in [6.07, 6.45) is 1.47. The number of fused-ring (bicyclic) bond motifs is 1. The molecular weight excluding hydrogens is 370 g/mol. The van der Waals surface area contributed by atoms with Crippen LogP contribution >= 0.6 is 27.5 Å². The van der Waals surface area contributed by atoms with Crippen LogP contribution in [0.4, 0.5) is 5.82 Å². The molecule has 1 aromatic carbocycles. The number of hydrogen-bond acceptors (Lipinski definition) is 5. The van der Waals surface area contributed by atoms with E-state index < -0.39 is 0 Å². The molecule has 3 rings (SSSR count). The Morgan fingerprint density at radius 3 is 3.00 bits per heavy atom. The van der Waals surface area contributed by atoms with E-state index in [0.29, 0.717) is 24.0 Å². The maximum atomic E-state index is 6.24. The summed E-state index contributed by atoms with van der Waals surface area (Å²) in [4.78, 5) is 8.48. The number of ether oxygens (including phenoxy) is 1. The van der Waals surface area contributed by atoms with E-state index in [1.807, 2.05) is 24.3 Å². The third-order valence-electron chi connectivity index (χ3n) is 3.07. The molecule has 0 fully saturated rings. The number of rotatable bonds is 5. The lowest BCUT2D eigenvalue weighted by molar-refractivity contribution is 0.181. The molecular formula is C14H13BrClN5O. The van der Waals surface area contributed by atoms with Gasteiger partial charge in [-0.15, -0.1) is 0 Å². The van der Waals surface area contributed by atoms with Crippen LogP contribution in [0.2, 0.25) is 5.02 Å². The summed E-state index contributed by atoms with van der Waals surface area (Å²) in [7, 11) is 1.63. The minimum atomic E-state index is 0.414. The van der Waals surface area contributed by atoms with Crippen LogP contribution in [0, 0.1) is 0 Å². The van der Waals surface area contributed by atoms with Crippen molar-refractivity contribution in [1.82, 2.24) is 19.6 Å². The lowest BCUT2D eigenvalue weighted by Gasteiger charge is -2.11. The normalized spacial score (nSPS) is 11.0. The molecule has 2 aromatic heterocycles. The average molecular weight is 383 g/mol. The van der Waals surface area contributed by atoms with Crippen LogP contribution in [0.15, 0.2) is 35.1 Å². The van der Waals surface area contributed by atoms with Crippen molar-refractivity contribution in [3.8, 4) is 0 Å². The van der Waals surface area contributed by atoms with Gasteiger partial charge in [-0.2, -0.15) is 14.6 Å². The molecule has 0 saturated carbocycles. The van der Waals surface area contributed by atoms with Gasteiger partial charge in [0.05, 0.1) is 12.3 Å². The molecule has 8 heteroatoms. The lowest BCUT2D eigenvalue weighted by atomic mass is 10.2. The molecule has 0 spiro atoms. The fourth-order valence-corrected chi connectivity index (χ4v) is 2.80. The Kier molecular flexibility index (Phi) is 4.56. The first-order valence-corrected chi connectivity index (χ1v) is 7.71. The number of methoxy groups -OCH3 is 1. The van der Waals surface area contributed by atoms with Gasteiger partial charge in [0.2, 0.25) is 0 Å². The van der Waals surface area contributed by atoms with Crippen molar-refractivity contribution in [2.24, 2.45) is 0 Å². The Bertz CT molecular complexity index is 807. The highest BCUT2D eigenvalue weighted by atomic mass is 79.9. The molecule has 1 N–H and O–H groups in total. The second-order valence-corrected chi connectivity index (χ2v) is 5.95. The van der Waals surface area contributed by atoms with Crippen LogP contribution < -0.4 is 5.32 Å². The summed E-state index contributed by atoms with van der Waals surface area (Å²) in [6, 6.07) is 7.68. The number of nitrogens with one attached hydrogen (secondary N) is 1. The second kappa shape index (κ2) is 6.60.